The molecule has 0 heterocycles. The van der Waals surface area contributed by atoms with Crippen molar-refractivity contribution in [1.29, 1.82) is 0 Å². The highest BCUT2D eigenvalue weighted by Gasteiger charge is 2.06. The summed E-state index contributed by atoms with van der Waals surface area (Å²) in [5, 5.41) is 13.5. The second kappa shape index (κ2) is 6.19. The lowest BCUT2D eigenvalue weighted by molar-refractivity contribution is -0.385. The van der Waals surface area contributed by atoms with E-state index in [1.165, 1.54) is 12.1 Å². The van der Waals surface area contributed by atoms with Gasteiger partial charge in [0.15, 0.2) is 0 Å². The Labute approximate surface area is 94.6 Å². The van der Waals surface area contributed by atoms with Crippen LogP contribution in [0.5, 0.6) is 0 Å². The van der Waals surface area contributed by atoms with Gasteiger partial charge < -0.3 is 10.1 Å². The Morgan fingerprint density at radius 2 is 2.31 bits per heavy atom. The molecule has 16 heavy (non-hydrogen) atoms. The van der Waals surface area contributed by atoms with Crippen molar-refractivity contribution in [2.45, 2.75) is 19.6 Å². The minimum Gasteiger partial charge on any atom is -0.373 e. The van der Waals surface area contributed by atoms with Crippen LogP contribution in [-0.2, 0) is 11.3 Å². The molecule has 0 aromatic heterocycles. The van der Waals surface area contributed by atoms with E-state index in [2.05, 4.69) is 5.32 Å². The normalized spacial score (nSPS) is 12.4. The van der Waals surface area contributed by atoms with Gasteiger partial charge in [-0.25, -0.2) is 0 Å². The lowest BCUT2D eigenvalue weighted by Gasteiger charge is -2.12. The number of rotatable bonds is 6. The molecule has 0 saturated heterocycles. The first-order chi connectivity index (χ1) is 7.63. The van der Waals surface area contributed by atoms with Gasteiger partial charge in [0.05, 0.1) is 17.6 Å². The molecule has 1 unspecified atom stereocenters. The van der Waals surface area contributed by atoms with Crippen molar-refractivity contribution < 1.29 is 9.66 Å². The Morgan fingerprint density at radius 3 is 2.94 bits per heavy atom. The standard InChI is InChI=1S/C11H16N2O3/c1-9(7-12-2)16-8-10-4-3-5-11(6-10)13(14)15/h3-6,9,12H,7-8H2,1-2H3. The van der Waals surface area contributed by atoms with Crippen molar-refractivity contribution in [2.24, 2.45) is 0 Å². The van der Waals surface area contributed by atoms with Gasteiger partial charge >= 0.3 is 0 Å². The zero-order valence-electron chi connectivity index (χ0n) is 9.47. The van der Waals surface area contributed by atoms with Gasteiger partial charge in [0, 0.05) is 18.7 Å². The predicted octanol–water partition coefficient (Wildman–Crippen LogP) is 1.72. The van der Waals surface area contributed by atoms with E-state index in [0.29, 0.717) is 6.61 Å². The average molecular weight is 224 g/mol. The molecular weight excluding hydrogens is 208 g/mol. The largest absolute Gasteiger partial charge is 0.373 e. The highest BCUT2D eigenvalue weighted by atomic mass is 16.6. The summed E-state index contributed by atoms with van der Waals surface area (Å²) in [5.74, 6) is 0. The minimum absolute atomic E-state index is 0.0873. The molecule has 0 fully saturated rings. The van der Waals surface area contributed by atoms with E-state index in [1.807, 2.05) is 20.0 Å². The average Bonchev–Trinajstić information content (AvgIpc) is 2.27. The second-order valence-corrected chi connectivity index (χ2v) is 3.61. The number of hydrogen-bond donors (Lipinski definition) is 1. The Bertz CT molecular complexity index is 355. The summed E-state index contributed by atoms with van der Waals surface area (Å²) in [6.45, 7) is 3.10. The fourth-order valence-corrected chi connectivity index (χ4v) is 1.34. The molecule has 0 bridgehead atoms. The molecule has 1 atom stereocenters. The van der Waals surface area contributed by atoms with Crippen molar-refractivity contribution >= 4 is 5.69 Å². The molecule has 1 aromatic carbocycles. The van der Waals surface area contributed by atoms with E-state index in [4.69, 9.17) is 4.74 Å². The monoisotopic (exact) mass is 224 g/mol. The highest BCUT2D eigenvalue weighted by molar-refractivity contribution is 5.33. The third-order valence-electron chi connectivity index (χ3n) is 2.15. The lowest BCUT2D eigenvalue weighted by atomic mass is 10.2. The zero-order chi connectivity index (χ0) is 12.0. The number of likely N-dealkylation sites (N-methyl/N-ethyl adjacent to an activating group) is 1. The van der Waals surface area contributed by atoms with E-state index in [9.17, 15) is 10.1 Å². The summed E-state index contributed by atoms with van der Waals surface area (Å²) in [4.78, 5) is 10.1. The van der Waals surface area contributed by atoms with Crippen molar-refractivity contribution in [3.8, 4) is 0 Å². The van der Waals surface area contributed by atoms with E-state index in [0.717, 1.165) is 12.1 Å². The number of hydrogen-bond acceptors (Lipinski definition) is 4. The number of nitrogens with zero attached hydrogens (tertiary/aromatic N) is 1. The van der Waals surface area contributed by atoms with Gasteiger partial charge in [-0.2, -0.15) is 0 Å². The first kappa shape index (κ1) is 12.6. The molecule has 0 saturated carbocycles. The third kappa shape index (κ3) is 3.96. The van der Waals surface area contributed by atoms with E-state index >= 15 is 0 Å². The fraction of sp³-hybridized carbons (Fsp3) is 0.455. The number of nitrogens with one attached hydrogen (secondary N) is 1. The first-order valence-electron chi connectivity index (χ1n) is 5.13. The van der Waals surface area contributed by atoms with Crippen LogP contribution < -0.4 is 5.32 Å². The van der Waals surface area contributed by atoms with Gasteiger partial charge in [0.1, 0.15) is 0 Å². The molecule has 88 valence electrons. The van der Waals surface area contributed by atoms with Crippen LogP contribution in [0.1, 0.15) is 12.5 Å². The number of nitro groups is 1. The first-order valence-corrected chi connectivity index (χ1v) is 5.13. The van der Waals surface area contributed by atoms with Crippen LogP contribution in [0.25, 0.3) is 0 Å². The van der Waals surface area contributed by atoms with Crippen molar-refractivity contribution in [1.82, 2.24) is 5.32 Å². The topological polar surface area (TPSA) is 64.4 Å². The van der Waals surface area contributed by atoms with Crippen molar-refractivity contribution in [3.05, 3.63) is 39.9 Å². The third-order valence-corrected chi connectivity index (χ3v) is 2.15. The molecule has 0 aliphatic rings. The predicted molar refractivity (Wildman–Crippen MR) is 61.3 cm³/mol. The molecule has 0 spiro atoms. The number of ether oxygens (including phenoxy) is 1. The van der Waals surface area contributed by atoms with Crippen LogP contribution in [0.2, 0.25) is 0 Å². The molecule has 5 nitrogen and oxygen atoms in total. The van der Waals surface area contributed by atoms with Crippen molar-refractivity contribution in [2.75, 3.05) is 13.6 Å². The Hall–Kier alpha value is -1.46. The quantitative estimate of drug-likeness (QED) is 0.590. The minimum atomic E-state index is -0.402. The molecular formula is C11H16N2O3. The maximum atomic E-state index is 10.5. The Morgan fingerprint density at radius 1 is 1.56 bits per heavy atom. The van der Waals surface area contributed by atoms with Crippen LogP contribution in [0.4, 0.5) is 5.69 Å². The molecule has 0 amide bonds. The van der Waals surface area contributed by atoms with Crippen LogP contribution >= 0.6 is 0 Å². The number of nitro benzene ring substituents is 1. The highest BCUT2D eigenvalue weighted by Crippen LogP contribution is 2.14. The number of benzene rings is 1. The van der Waals surface area contributed by atoms with Gasteiger partial charge in [-0.3, -0.25) is 10.1 Å². The smallest absolute Gasteiger partial charge is 0.269 e. The van der Waals surface area contributed by atoms with Crippen LogP contribution in [0, 0.1) is 10.1 Å². The summed E-state index contributed by atoms with van der Waals surface area (Å²) in [5.41, 5.74) is 0.916. The SMILES string of the molecule is CNCC(C)OCc1cccc([N+](=O)[O-])c1. The second-order valence-electron chi connectivity index (χ2n) is 3.61. The van der Waals surface area contributed by atoms with Crippen LogP contribution in [0.15, 0.2) is 24.3 Å². The van der Waals surface area contributed by atoms with Gasteiger partial charge in [-0.15, -0.1) is 0 Å². The molecule has 1 aromatic rings. The van der Waals surface area contributed by atoms with E-state index in [1.54, 1.807) is 6.07 Å². The van der Waals surface area contributed by atoms with Gasteiger partial charge in [0.2, 0.25) is 0 Å². The summed E-state index contributed by atoms with van der Waals surface area (Å²) >= 11 is 0. The molecule has 1 rings (SSSR count). The van der Waals surface area contributed by atoms with Gasteiger partial charge in [-0.05, 0) is 19.5 Å². The van der Waals surface area contributed by atoms with E-state index in [-0.39, 0.29) is 11.8 Å². The fourth-order valence-electron chi connectivity index (χ4n) is 1.34. The summed E-state index contributed by atoms with van der Waals surface area (Å²) < 4.78 is 5.52. The molecule has 0 aliphatic carbocycles. The van der Waals surface area contributed by atoms with Crippen LogP contribution in [0.3, 0.4) is 0 Å². The molecule has 0 radical (unpaired) electrons. The Kier molecular flexibility index (Phi) is 4.88. The maximum Gasteiger partial charge on any atom is 0.269 e. The van der Waals surface area contributed by atoms with Crippen molar-refractivity contribution in [3.63, 3.8) is 0 Å². The number of non-ortho nitro benzene ring substituents is 1. The van der Waals surface area contributed by atoms with Crippen LogP contribution in [-0.4, -0.2) is 24.6 Å². The summed E-state index contributed by atoms with van der Waals surface area (Å²) in [7, 11) is 1.85. The Balaban J connectivity index is 2.54. The molecule has 5 heteroatoms. The molecule has 1 N–H and O–H groups in total. The van der Waals surface area contributed by atoms with Gasteiger partial charge in [-0.1, -0.05) is 12.1 Å². The zero-order valence-corrected chi connectivity index (χ0v) is 9.47. The molecule has 0 aliphatic heterocycles. The lowest BCUT2D eigenvalue weighted by Crippen LogP contribution is -2.23. The van der Waals surface area contributed by atoms with Gasteiger partial charge in [0.25, 0.3) is 5.69 Å². The van der Waals surface area contributed by atoms with E-state index < -0.39 is 4.92 Å². The summed E-state index contributed by atoms with van der Waals surface area (Å²) in [6.07, 6.45) is 0.0873. The summed E-state index contributed by atoms with van der Waals surface area (Å²) in [6, 6.07) is 6.49. The maximum absolute atomic E-state index is 10.5.